The normalized spacial score (nSPS) is 24.8. The summed E-state index contributed by atoms with van der Waals surface area (Å²) in [7, 11) is 0. The molecule has 3 unspecified atom stereocenters. The van der Waals surface area contributed by atoms with E-state index in [1.54, 1.807) is 6.33 Å². The number of likely N-dealkylation sites (tertiary alicyclic amines) is 1. The first-order valence-corrected chi connectivity index (χ1v) is 10.5. The molecule has 2 saturated heterocycles. The minimum absolute atomic E-state index is 0.122. The van der Waals surface area contributed by atoms with Crippen molar-refractivity contribution in [3.63, 3.8) is 0 Å². The third-order valence-electron chi connectivity index (χ3n) is 6.40. The lowest BCUT2D eigenvalue weighted by Crippen LogP contribution is -2.48. The molecule has 3 heterocycles. The van der Waals surface area contributed by atoms with Crippen LogP contribution in [0.25, 0.3) is 11.0 Å². The predicted octanol–water partition coefficient (Wildman–Crippen LogP) is 2.75. The number of hydrogen-bond acceptors (Lipinski definition) is 4. The van der Waals surface area contributed by atoms with Crippen molar-refractivity contribution in [3.8, 4) is 0 Å². The minimum Gasteiger partial charge on any atom is -0.345 e. The summed E-state index contributed by atoms with van der Waals surface area (Å²) >= 11 is 0. The van der Waals surface area contributed by atoms with Crippen LogP contribution in [0.5, 0.6) is 0 Å². The number of nitrogens with zero attached hydrogens (tertiary/aromatic N) is 2. The molecule has 0 saturated carbocycles. The van der Waals surface area contributed by atoms with Gasteiger partial charge in [0.15, 0.2) is 0 Å². The van der Waals surface area contributed by atoms with Crippen LogP contribution >= 0.6 is 0 Å². The molecule has 1 aromatic heterocycles. The number of H-pyrrole nitrogens is 1. The lowest BCUT2D eigenvalue weighted by atomic mass is 9.81. The summed E-state index contributed by atoms with van der Waals surface area (Å²) in [6, 6.07) is 16.8. The van der Waals surface area contributed by atoms with Crippen molar-refractivity contribution >= 4 is 16.9 Å². The zero-order valence-corrected chi connectivity index (χ0v) is 16.5. The van der Waals surface area contributed by atoms with Gasteiger partial charge in [-0.1, -0.05) is 30.3 Å². The van der Waals surface area contributed by atoms with E-state index in [9.17, 15) is 4.79 Å². The molecule has 0 aliphatic carbocycles. The summed E-state index contributed by atoms with van der Waals surface area (Å²) in [5, 5.41) is 0. The summed E-state index contributed by atoms with van der Waals surface area (Å²) in [4.78, 5) is 22.5. The van der Waals surface area contributed by atoms with Gasteiger partial charge in [-0.3, -0.25) is 15.6 Å². The van der Waals surface area contributed by atoms with Crippen molar-refractivity contribution in [2.45, 2.75) is 25.3 Å². The van der Waals surface area contributed by atoms with Crippen LogP contribution in [-0.4, -0.2) is 46.5 Å². The summed E-state index contributed by atoms with van der Waals surface area (Å²) in [6.07, 6.45) is 4.95. The van der Waals surface area contributed by atoms with Gasteiger partial charge < -0.3 is 9.88 Å². The van der Waals surface area contributed by atoms with Crippen LogP contribution in [0, 0.1) is 11.8 Å². The number of nitrogens with one attached hydrogen (secondary N) is 3. The summed E-state index contributed by atoms with van der Waals surface area (Å²) in [6.45, 7) is 2.62. The second-order valence-electron chi connectivity index (χ2n) is 8.29. The van der Waals surface area contributed by atoms with Crippen LogP contribution in [-0.2, 0) is 6.42 Å². The van der Waals surface area contributed by atoms with E-state index >= 15 is 0 Å². The summed E-state index contributed by atoms with van der Waals surface area (Å²) in [5.41, 5.74) is 10.8. The highest BCUT2D eigenvalue weighted by Crippen LogP contribution is 2.28. The molecular formula is C23H27N5O. The molecule has 2 aromatic carbocycles. The first-order chi connectivity index (χ1) is 14.3. The minimum atomic E-state index is 0.122. The Labute approximate surface area is 170 Å². The smallest absolute Gasteiger partial charge is 0.253 e. The maximum Gasteiger partial charge on any atom is 0.253 e. The van der Waals surface area contributed by atoms with E-state index in [1.165, 1.54) is 5.56 Å². The molecule has 6 heteroatoms. The van der Waals surface area contributed by atoms with Crippen molar-refractivity contribution < 1.29 is 4.79 Å². The van der Waals surface area contributed by atoms with Crippen LogP contribution < -0.4 is 10.9 Å². The zero-order valence-electron chi connectivity index (χ0n) is 16.5. The fraction of sp³-hybridized carbons (Fsp3) is 0.391. The van der Waals surface area contributed by atoms with E-state index in [1.807, 2.05) is 23.1 Å². The van der Waals surface area contributed by atoms with Gasteiger partial charge in [0, 0.05) is 31.2 Å². The zero-order chi connectivity index (χ0) is 19.6. The maximum absolute atomic E-state index is 13.2. The monoisotopic (exact) mass is 389 g/mol. The molecule has 0 bridgehead atoms. The van der Waals surface area contributed by atoms with Gasteiger partial charge in [-0.15, -0.1) is 0 Å². The molecule has 2 aliphatic rings. The molecule has 2 aliphatic heterocycles. The first kappa shape index (κ1) is 18.3. The van der Waals surface area contributed by atoms with E-state index in [4.69, 9.17) is 0 Å². The topological polar surface area (TPSA) is 73.0 Å². The number of aromatic amines is 1. The molecule has 5 rings (SSSR count). The Morgan fingerprint density at radius 2 is 2.07 bits per heavy atom. The third kappa shape index (κ3) is 3.78. The SMILES string of the molecule is O=C(c1ccc2nc[nH]c2c1)N1CCCC(C2NNCC2Cc2ccccc2)C1. The number of carbonyl (C=O) groups excluding carboxylic acids is 1. The van der Waals surface area contributed by atoms with E-state index in [2.05, 4.69) is 51.2 Å². The Kier molecular flexibility index (Phi) is 5.04. The number of imidazole rings is 1. The van der Waals surface area contributed by atoms with Crippen molar-refractivity contribution in [2.24, 2.45) is 11.8 Å². The van der Waals surface area contributed by atoms with Gasteiger partial charge in [0.2, 0.25) is 0 Å². The van der Waals surface area contributed by atoms with Gasteiger partial charge in [0.25, 0.3) is 5.91 Å². The lowest BCUT2D eigenvalue weighted by molar-refractivity contribution is 0.0635. The van der Waals surface area contributed by atoms with Gasteiger partial charge in [-0.25, -0.2) is 4.98 Å². The average Bonchev–Trinajstić information content (AvgIpc) is 3.43. The number of piperidine rings is 1. The highest BCUT2D eigenvalue weighted by Gasteiger charge is 2.37. The third-order valence-corrected chi connectivity index (χ3v) is 6.40. The molecule has 2 fully saturated rings. The molecule has 3 atom stereocenters. The van der Waals surface area contributed by atoms with Gasteiger partial charge in [0.1, 0.15) is 0 Å². The Morgan fingerprint density at radius 1 is 1.17 bits per heavy atom. The first-order valence-electron chi connectivity index (χ1n) is 10.5. The van der Waals surface area contributed by atoms with Crippen molar-refractivity contribution in [3.05, 3.63) is 66.0 Å². The Bertz CT molecular complexity index is 985. The Morgan fingerprint density at radius 3 is 2.97 bits per heavy atom. The van der Waals surface area contributed by atoms with Crippen molar-refractivity contribution in [2.75, 3.05) is 19.6 Å². The van der Waals surface area contributed by atoms with Crippen LogP contribution in [0.15, 0.2) is 54.9 Å². The predicted molar refractivity (Wildman–Crippen MR) is 113 cm³/mol. The number of carbonyl (C=O) groups is 1. The molecule has 3 N–H and O–H groups in total. The van der Waals surface area contributed by atoms with Crippen LogP contribution in [0.2, 0.25) is 0 Å². The number of hydrogen-bond donors (Lipinski definition) is 3. The Balaban J connectivity index is 1.28. The number of rotatable bonds is 4. The van der Waals surface area contributed by atoms with E-state index in [0.717, 1.165) is 55.5 Å². The van der Waals surface area contributed by atoms with Crippen LogP contribution in [0.1, 0.15) is 28.8 Å². The van der Waals surface area contributed by atoms with E-state index in [0.29, 0.717) is 17.9 Å². The number of amides is 1. The molecule has 0 radical (unpaired) electrons. The molecule has 0 spiro atoms. The maximum atomic E-state index is 13.2. The van der Waals surface area contributed by atoms with Gasteiger partial charge in [0.05, 0.1) is 17.4 Å². The second-order valence-corrected chi connectivity index (χ2v) is 8.29. The quantitative estimate of drug-likeness (QED) is 0.642. The molecular weight excluding hydrogens is 362 g/mol. The Hall–Kier alpha value is -2.70. The molecule has 1 amide bonds. The second kappa shape index (κ2) is 7.97. The summed E-state index contributed by atoms with van der Waals surface area (Å²) < 4.78 is 0. The molecule has 3 aromatic rings. The highest BCUT2D eigenvalue weighted by atomic mass is 16.2. The number of aromatic nitrogens is 2. The van der Waals surface area contributed by atoms with Crippen molar-refractivity contribution in [1.29, 1.82) is 0 Å². The molecule has 29 heavy (non-hydrogen) atoms. The van der Waals surface area contributed by atoms with Gasteiger partial charge in [-0.05, 0) is 54.9 Å². The van der Waals surface area contributed by atoms with E-state index in [-0.39, 0.29) is 5.91 Å². The molecule has 6 nitrogen and oxygen atoms in total. The standard InChI is InChI=1S/C23H27N5O/c29-23(17-8-9-20-21(12-17)25-15-24-20)28-10-4-7-18(14-28)22-19(13-26-27-22)11-16-5-2-1-3-6-16/h1-3,5-6,8-9,12,15,18-19,22,26-27H,4,7,10-11,13-14H2,(H,24,25). The fourth-order valence-corrected chi connectivity index (χ4v) is 4.91. The summed E-state index contributed by atoms with van der Waals surface area (Å²) in [5.74, 6) is 1.13. The lowest BCUT2D eigenvalue weighted by Gasteiger charge is -2.37. The number of benzene rings is 2. The van der Waals surface area contributed by atoms with Gasteiger partial charge >= 0.3 is 0 Å². The van der Waals surface area contributed by atoms with Gasteiger partial charge in [-0.2, -0.15) is 0 Å². The van der Waals surface area contributed by atoms with Crippen LogP contribution in [0.4, 0.5) is 0 Å². The van der Waals surface area contributed by atoms with Crippen LogP contribution in [0.3, 0.4) is 0 Å². The average molecular weight is 390 g/mol. The van der Waals surface area contributed by atoms with E-state index < -0.39 is 0 Å². The van der Waals surface area contributed by atoms with Crippen molar-refractivity contribution in [1.82, 2.24) is 25.7 Å². The number of fused-ring (bicyclic) bond motifs is 1. The largest absolute Gasteiger partial charge is 0.345 e. The number of hydrazine groups is 1. The highest BCUT2D eigenvalue weighted by molar-refractivity contribution is 5.97. The molecule has 150 valence electrons. The fourth-order valence-electron chi connectivity index (χ4n) is 4.91.